The molecule has 1 aromatic carbocycles. The Labute approximate surface area is 139 Å². The van der Waals surface area contributed by atoms with Crippen LogP contribution in [0.5, 0.6) is 0 Å². The van der Waals surface area contributed by atoms with Gasteiger partial charge in [-0.25, -0.2) is 0 Å². The Kier molecular flexibility index (Phi) is 5.39. The molecule has 5 heteroatoms. The molecule has 1 atom stereocenters. The largest absolute Gasteiger partial charge is 0.352 e. The van der Waals surface area contributed by atoms with E-state index in [0.717, 1.165) is 27.1 Å². The zero-order valence-corrected chi connectivity index (χ0v) is 14.7. The van der Waals surface area contributed by atoms with Gasteiger partial charge in [0, 0.05) is 22.4 Å². The Hall–Kier alpha value is -1.37. The normalized spacial score (nSPS) is 12.2. The number of rotatable bonds is 5. The third kappa shape index (κ3) is 4.30. The van der Waals surface area contributed by atoms with E-state index in [1.165, 1.54) is 0 Å². The summed E-state index contributed by atoms with van der Waals surface area (Å²) in [5.74, 6) is 0.313. The maximum Gasteiger partial charge on any atom is 0.252 e. The van der Waals surface area contributed by atoms with Crippen LogP contribution in [-0.4, -0.2) is 22.2 Å². The second-order valence-corrected chi connectivity index (χ2v) is 6.57. The summed E-state index contributed by atoms with van der Waals surface area (Å²) in [7, 11) is 0. The van der Waals surface area contributed by atoms with Gasteiger partial charge < -0.3 is 5.32 Å². The van der Waals surface area contributed by atoms with Gasteiger partial charge in [-0.2, -0.15) is 5.10 Å². The molecule has 0 saturated carbocycles. The van der Waals surface area contributed by atoms with Crippen LogP contribution in [-0.2, 0) is 6.54 Å². The number of aromatic nitrogens is 2. The van der Waals surface area contributed by atoms with Crippen molar-refractivity contribution in [1.82, 2.24) is 15.1 Å². The minimum atomic E-state index is -0.0137. The molecule has 1 unspecified atom stereocenters. The number of nitrogens with one attached hydrogen (secondary N) is 1. The molecule has 0 spiro atoms. The molecule has 21 heavy (non-hydrogen) atoms. The lowest BCUT2D eigenvalue weighted by molar-refractivity contribution is 0.0945. The molecule has 2 aromatic rings. The van der Waals surface area contributed by atoms with Crippen molar-refractivity contribution in [3.05, 3.63) is 50.9 Å². The molecule has 0 bridgehead atoms. The van der Waals surface area contributed by atoms with Crippen molar-refractivity contribution in [3.63, 3.8) is 0 Å². The van der Waals surface area contributed by atoms with Crippen LogP contribution in [0.15, 0.2) is 30.3 Å². The fourth-order valence-corrected chi connectivity index (χ4v) is 2.86. The maximum atomic E-state index is 12.2. The molecule has 1 amide bonds. The van der Waals surface area contributed by atoms with Crippen LogP contribution in [0.1, 0.15) is 28.7 Å². The van der Waals surface area contributed by atoms with Crippen LogP contribution in [0.4, 0.5) is 0 Å². The second kappa shape index (κ2) is 7.06. The van der Waals surface area contributed by atoms with Crippen molar-refractivity contribution >= 4 is 28.5 Å². The molecule has 0 fully saturated rings. The predicted octanol–water partition coefficient (Wildman–Crippen LogP) is 3.17. The first kappa shape index (κ1) is 16.0. The van der Waals surface area contributed by atoms with Gasteiger partial charge in [-0.1, -0.05) is 19.1 Å². The summed E-state index contributed by atoms with van der Waals surface area (Å²) in [5.41, 5.74) is 2.92. The number of nitrogens with zero attached hydrogens (tertiary/aromatic N) is 2. The molecular formula is C16H20IN3O. The molecule has 112 valence electrons. The van der Waals surface area contributed by atoms with Crippen LogP contribution in [0.2, 0.25) is 0 Å². The zero-order chi connectivity index (χ0) is 15.4. The Morgan fingerprint density at radius 2 is 2.10 bits per heavy atom. The summed E-state index contributed by atoms with van der Waals surface area (Å²) in [4.78, 5) is 12.2. The van der Waals surface area contributed by atoms with Crippen LogP contribution < -0.4 is 5.32 Å². The number of carbonyl (C=O) groups is 1. The molecule has 1 aromatic heterocycles. The molecule has 0 aliphatic carbocycles. The first-order valence-corrected chi connectivity index (χ1v) is 8.09. The van der Waals surface area contributed by atoms with Gasteiger partial charge in [-0.15, -0.1) is 0 Å². The Bertz CT molecular complexity index is 636. The number of hydrogen-bond donors (Lipinski definition) is 1. The number of benzene rings is 1. The first-order valence-electron chi connectivity index (χ1n) is 7.01. The number of amides is 1. The van der Waals surface area contributed by atoms with E-state index in [0.29, 0.717) is 12.5 Å². The second-order valence-electron chi connectivity index (χ2n) is 5.40. The van der Waals surface area contributed by atoms with Gasteiger partial charge in [-0.05, 0) is 60.6 Å². The fraction of sp³-hybridized carbons (Fsp3) is 0.375. The van der Waals surface area contributed by atoms with Crippen LogP contribution >= 0.6 is 22.6 Å². The first-order chi connectivity index (χ1) is 9.97. The molecule has 0 aliphatic heterocycles. The van der Waals surface area contributed by atoms with E-state index < -0.39 is 0 Å². The van der Waals surface area contributed by atoms with E-state index in [1.807, 2.05) is 35.9 Å². The molecule has 0 saturated heterocycles. The molecule has 0 aliphatic rings. The van der Waals surface area contributed by atoms with Gasteiger partial charge in [0.1, 0.15) is 0 Å². The average molecular weight is 397 g/mol. The highest BCUT2D eigenvalue weighted by Crippen LogP contribution is 2.11. The highest BCUT2D eigenvalue weighted by atomic mass is 127. The monoisotopic (exact) mass is 397 g/mol. The standard InChI is InChI=1S/C16H20IN3O/c1-11(10-20-13(3)8-12(2)19-20)9-18-16(21)14-6-4-5-7-15(14)17/h4-8,11H,9-10H2,1-3H3,(H,18,21). The lowest BCUT2D eigenvalue weighted by Crippen LogP contribution is -2.30. The Morgan fingerprint density at radius 3 is 2.71 bits per heavy atom. The van der Waals surface area contributed by atoms with E-state index in [1.54, 1.807) is 0 Å². The summed E-state index contributed by atoms with van der Waals surface area (Å²) in [6.07, 6.45) is 0. The predicted molar refractivity (Wildman–Crippen MR) is 92.4 cm³/mol. The number of hydrogen-bond acceptors (Lipinski definition) is 2. The molecule has 0 radical (unpaired) electrons. The van der Waals surface area contributed by atoms with E-state index in [2.05, 4.69) is 52.9 Å². The van der Waals surface area contributed by atoms with Gasteiger partial charge >= 0.3 is 0 Å². The third-order valence-corrected chi connectivity index (χ3v) is 4.26. The Balaban J connectivity index is 1.89. The summed E-state index contributed by atoms with van der Waals surface area (Å²) in [5, 5.41) is 7.45. The van der Waals surface area contributed by atoms with Gasteiger partial charge in [0.2, 0.25) is 0 Å². The van der Waals surface area contributed by atoms with E-state index in [4.69, 9.17) is 0 Å². The zero-order valence-electron chi connectivity index (χ0n) is 12.6. The van der Waals surface area contributed by atoms with Crippen molar-refractivity contribution in [2.24, 2.45) is 5.92 Å². The summed E-state index contributed by atoms with van der Waals surface area (Å²) < 4.78 is 2.97. The van der Waals surface area contributed by atoms with Gasteiger partial charge in [0.25, 0.3) is 5.91 Å². The highest BCUT2D eigenvalue weighted by Gasteiger charge is 2.12. The lowest BCUT2D eigenvalue weighted by atomic mass is 10.1. The van der Waals surface area contributed by atoms with Gasteiger partial charge in [0.15, 0.2) is 0 Å². The van der Waals surface area contributed by atoms with E-state index in [9.17, 15) is 4.79 Å². The number of carbonyl (C=O) groups excluding carboxylic acids is 1. The smallest absolute Gasteiger partial charge is 0.252 e. The lowest BCUT2D eigenvalue weighted by Gasteiger charge is -2.14. The maximum absolute atomic E-state index is 12.2. The van der Waals surface area contributed by atoms with Crippen LogP contribution in [0, 0.1) is 23.3 Å². The fourth-order valence-electron chi connectivity index (χ4n) is 2.23. The average Bonchev–Trinajstić information content (AvgIpc) is 2.74. The third-order valence-electron chi connectivity index (χ3n) is 3.32. The molecule has 1 heterocycles. The van der Waals surface area contributed by atoms with Gasteiger partial charge in [0.05, 0.1) is 11.3 Å². The van der Waals surface area contributed by atoms with Crippen molar-refractivity contribution in [1.29, 1.82) is 0 Å². The van der Waals surface area contributed by atoms with Gasteiger partial charge in [-0.3, -0.25) is 9.48 Å². The summed E-state index contributed by atoms with van der Waals surface area (Å²) in [6, 6.07) is 9.68. The topological polar surface area (TPSA) is 46.9 Å². The van der Waals surface area contributed by atoms with Crippen molar-refractivity contribution < 1.29 is 4.79 Å². The van der Waals surface area contributed by atoms with Crippen LogP contribution in [0.3, 0.4) is 0 Å². The molecule has 4 nitrogen and oxygen atoms in total. The van der Waals surface area contributed by atoms with Crippen LogP contribution in [0.25, 0.3) is 0 Å². The minimum absolute atomic E-state index is 0.0137. The van der Waals surface area contributed by atoms with E-state index in [-0.39, 0.29) is 5.91 Å². The Morgan fingerprint density at radius 1 is 1.38 bits per heavy atom. The highest BCUT2D eigenvalue weighted by molar-refractivity contribution is 14.1. The quantitative estimate of drug-likeness (QED) is 0.788. The molecule has 2 rings (SSSR count). The number of halogens is 1. The van der Waals surface area contributed by atoms with Crippen molar-refractivity contribution in [3.8, 4) is 0 Å². The summed E-state index contributed by atoms with van der Waals surface area (Å²) >= 11 is 2.18. The minimum Gasteiger partial charge on any atom is -0.352 e. The summed E-state index contributed by atoms with van der Waals surface area (Å²) in [6.45, 7) is 7.62. The molecular weight excluding hydrogens is 377 g/mol. The van der Waals surface area contributed by atoms with Crippen molar-refractivity contribution in [2.45, 2.75) is 27.3 Å². The number of aryl methyl sites for hydroxylation is 2. The van der Waals surface area contributed by atoms with Crippen molar-refractivity contribution in [2.75, 3.05) is 6.54 Å². The SMILES string of the molecule is Cc1cc(C)n(CC(C)CNC(=O)c2ccccc2I)n1. The van der Waals surface area contributed by atoms with E-state index >= 15 is 0 Å². The molecule has 1 N–H and O–H groups in total.